The number of carbonyl (C=O) groups excluding carboxylic acids is 2. The van der Waals surface area contributed by atoms with Crippen LogP contribution >= 0.6 is 0 Å². The molecule has 0 fully saturated rings. The van der Waals surface area contributed by atoms with E-state index < -0.39 is 6.04 Å². The maximum atomic E-state index is 13.6. The molecule has 1 amide bonds. The minimum Gasteiger partial charge on any atom is -0.378 e. The average molecular weight is 418 g/mol. The van der Waals surface area contributed by atoms with Crippen LogP contribution in [0, 0.1) is 0 Å². The number of Topliss-reactive ketones (excluding diaryl/α,β-unsaturated/α-hetero) is 1. The third-order valence-electron chi connectivity index (χ3n) is 6.18. The fourth-order valence-corrected chi connectivity index (χ4v) is 4.53. The predicted molar refractivity (Wildman–Crippen MR) is 126 cm³/mol. The van der Waals surface area contributed by atoms with Gasteiger partial charge in [-0.15, -0.1) is 0 Å². The number of amides is 1. The molecule has 31 heavy (non-hydrogen) atoms. The summed E-state index contributed by atoms with van der Waals surface area (Å²) < 4.78 is 0. The highest BCUT2D eigenvalue weighted by molar-refractivity contribution is 6.06. The van der Waals surface area contributed by atoms with Gasteiger partial charge in [-0.1, -0.05) is 37.6 Å². The smallest absolute Gasteiger partial charge is 0.227 e. The van der Waals surface area contributed by atoms with Crippen molar-refractivity contribution in [3.63, 3.8) is 0 Å². The summed E-state index contributed by atoms with van der Waals surface area (Å²) in [5, 5.41) is 3.52. The molecule has 2 aromatic rings. The van der Waals surface area contributed by atoms with E-state index in [4.69, 9.17) is 0 Å². The maximum Gasteiger partial charge on any atom is 0.227 e. The Labute approximate surface area is 184 Å². The Morgan fingerprint density at radius 2 is 1.84 bits per heavy atom. The quantitative estimate of drug-likeness (QED) is 0.703. The minimum atomic E-state index is -0.417. The molecule has 1 heterocycles. The number of benzene rings is 2. The van der Waals surface area contributed by atoms with E-state index >= 15 is 0 Å². The van der Waals surface area contributed by atoms with Crippen molar-refractivity contribution in [1.29, 1.82) is 0 Å². The highest BCUT2D eigenvalue weighted by atomic mass is 16.2. The van der Waals surface area contributed by atoms with Crippen molar-refractivity contribution < 1.29 is 9.59 Å². The molecule has 0 unspecified atom stereocenters. The molecule has 0 radical (unpaired) electrons. The summed E-state index contributed by atoms with van der Waals surface area (Å²) in [6.07, 6.45) is 4.43. The number of hydrogen-bond acceptors (Lipinski definition) is 4. The number of hydrogen-bond donors (Lipinski definition) is 1. The molecule has 2 aromatic carbocycles. The van der Waals surface area contributed by atoms with Gasteiger partial charge >= 0.3 is 0 Å². The third-order valence-corrected chi connectivity index (χ3v) is 6.18. The molecular weight excluding hydrogens is 386 g/mol. The molecular formula is C26H31N3O2. The number of nitrogens with zero attached hydrogens (tertiary/aromatic N) is 2. The van der Waals surface area contributed by atoms with Crippen LogP contribution in [0.25, 0.3) is 0 Å². The normalized spacial score (nSPS) is 18.1. The standard InChI is InChI=1S/C26H31N3O2/c1-4-5-13-24(31)29-22-11-7-6-9-20(22)27-21-10-8-12-23(30)25(21)26(29)18-14-16-19(17-15-18)28(2)3/h6-7,9,11,14-17,26-27H,4-5,8,10,12-13H2,1-3H3/t26-/m0/s1. The van der Waals surface area contributed by atoms with E-state index in [-0.39, 0.29) is 11.7 Å². The summed E-state index contributed by atoms with van der Waals surface area (Å²) in [6.45, 7) is 2.09. The fraction of sp³-hybridized carbons (Fsp3) is 0.385. The van der Waals surface area contributed by atoms with Crippen LogP contribution in [-0.2, 0) is 9.59 Å². The Morgan fingerprint density at radius 1 is 1.10 bits per heavy atom. The van der Waals surface area contributed by atoms with E-state index in [0.717, 1.165) is 59.6 Å². The maximum absolute atomic E-state index is 13.6. The van der Waals surface area contributed by atoms with Crippen LogP contribution < -0.4 is 15.1 Å². The van der Waals surface area contributed by atoms with Gasteiger partial charge in [-0.25, -0.2) is 0 Å². The van der Waals surface area contributed by atoms with Crippen molar-refractivity contribution in [3.8, 4) is 0 Å². The van der Waals surface area contributed by atoms with Gasteiger partial charge in [0, 0.05) is 43.9 Å². The second kappa shape index (κ2) is 8.96. The lowest BCUT2D eigenvalue weighted by atomic mass is 9.85. The zero-order valence-electron chi connectivity index (χ0n) is 18.6. The van der Waals surface area contributed by atoms with Gasteiger partial charge in [-0.05, 0) is 49.1 Å². The Balaban J connectivity index is 1.91. The highest BCUT2D eigenvalue weighted by Crippen LogP contribution is 2.45. The number of allylic oxidation sites excluding steroid dienone is 1. The summed E-state index contributed by atoms with van der Waals surface area (Å²) in [7, 11) is 4.01. The summed E-state index contributed by atoms with van der Waals surface area (Å²) in [6, 6.07) is 15.7. The lowest BCUT2D eigenvalue weighted by Crippen LogP contribution is -2.38. The molecule has 0 saturated heterocycles. The van der Waals surface area contributed by atoms with Crippen molar-refractivity contribution >= 4 is 28.8 Å². The monoisotopic (exact) mass is 417 g/mol. The zero-order chi connectivity index (χ0) is 22.0. The van der Waals surface area contributed by atoms with Gasteiger partial charge in [0.25, 0.3) is 0 Å². The Morgan fingerprint density at radius 3 is 2.55 bits per heavy atom. The van der Waals surface area contributed by atoms with E-state index in [1.807, 2.05) is 48.2 Å². The first-order chi connectivity index (χ1) is 15.0. The predicted octanol–water partition coefficient (Wildman–Crippen LogP) is 5.45. The summed E-state index contributed by atoms with van der Waals surface area (Å²) >= 11 is 0. The number of rotatable bonds is 5. The largest absolute Gasteiger partial charge is 0.378 e. The summed E-state index contributed by atoms with van der Waals surface area (Å²) in [5.74, 6) is 0.196. The number of unbranched alkanes of at least 4 members (excludes halogenated alkanes) is 1. The molecule has 4 rings (SSSR count). The fourth-order valence-electron chi connectivity index (χ4n) is 4.53. The number of ketones is 1. The van der Waals surface area contributed by atoms with Crippen LogP contribution in [0.1, 0.15) is 57.1 Å². The SMILES string of the molecule is CCCCC(=O)N1c2ccccc2NC2=C(C(=O)CCC2)[C@@H]1c1ccc(N(C)C)cc1. The molecule has 0 bridgehead atoms. The van der Waals surface area contributed by atoms with Gasteiger partial charge in [0.2, 0.25) is 5.91 Å². The third kappa shape index (κ3) is 4.09. The molecule has 1 atom stereocenters. The molecule has 1 aliphatic carbocycles. The Bertz CT molecular complexity index is 1010. The Hall–Kier alpha value is -3.08. The lowest BCUT2D eigenvalue weighted by Gasteiger charge is -2.34. The summed E-state index contributed by atoms with van der Waals surface area (Å²) in [5.41, 5.74) is 5.48. The second-order valence-corrected chi connectivity index (χ2v) is 8.57. The molecule has 1 N–H and O–H groups in total. The number of carbonyl (C=O) groups is 2. The lowest BCUT2D eigenvalue weighted by molar-refractivity contribution is -0.119. The van der Waals surface area contributed by atoms with Crippen LogP contribution in [0.4, 0.5) is 17.1 Å². The first-order valence-electron chi connectivity index (χ1n) is 11.2. The first kappa shape index (κ1) is 21.2. The minimum absolute atomic E-state index is 0.0601. The van der Waals surface area contributed by atoms with Crippen LogP contribution in [-0.4, -0.2) is 25.8 Å². The van der Waals surface area contributed by atoms with Gasteiger partial charge in [0.15, 0.2) is 5.78 Å². The average Bonchev–Trinajstić information content (AvgIpc) is 2.92. The van der Waals surface area contributed by atoms with Gasteiger partial charge in [0.05, 0.1) is 17.4 Å². The highest BCUT2D eigenvalue weighted by Gasteiger charge is 2.39. The van der Waals surface area contributed by atoms with Crippen LogP contribution in [0.5, 0.6) is 0 Å². The molecule has 5 heteroatoms. The van der Waals surface area contributed by atoms with E-state index in [1.165, 1.54) is 0 Å². The van der Waals surface area contributed by atoms with Crippen molar-refractivity contribution in [2.24, 2.45) is 0 Å². The van der Waals surface area contributed by atoms with Gasteiger partial charge in [-0.3, -0.25) is 14.5 Å². The number of anilines is 3. The number of nitrogens with one attached hydrogen (secondary N) is 1. The first-order valence-corrected chi connectivity index (χ1v) is 11.2. The van der Waals surface area contributed by atoms with Crippen LogP contribution in [0.3, 0.4) is 0 Å². The molecule has 162 valence electrons. The van der Waals surface area contributed by atoms with E-state index in [2.05, 4.69) is 36.5 Å². The molecule has 5 nitrogen and oxygen atoms in total. The van der Waals surface area contributed by atoms with Crippen molar-refractivity contribution in [2.45, 2.75) is 51.5 Å². The number of fused-ring (bicyclic) bond motifs is 1. The second-order valence-electron chi connectivity index (χ2n) is 8.57. The van der Waals surface area contributed by atoms with E-state index in [9.17, 15) is 9.59 Å². The van der Waals surface area contributed by atoms with Gasteiger partial charge < -0.3 is 10.2 Å². The molecule has 0 saturated carbocycles. The Kier molecular flexibility index (Phi) is 6.12. The van der Waals surface area contributed by atoms with E-state index in [0.29, 0.717) is 12.8 Å². The zero-order valence-corrected chi connectivity index (χ0v) is 18.6. The van der Waals surface area contributed by atoms with Crippen molar-refractivity contribution in [3.05, 3.63) is 65.4 Å². The van der Waals surface area contributed by atoms with E-state index in [1.54, 1.807) is 0 Å². The molecule has 0 aromatic heterocycles. The number of para-hydroxylation sites is 2. The topological polar surface area (TPSA) is 52.7 Å². The molecule has 1 aliphatic heterocycles. The van der Waals surface area contributed by atoms with Gasteiger partial charge in [-0.2, -0.15) is 0 Å². The van der Waals surface area contributed by atoms with Crippen LogP contribution in [0.15, 0.2) is 59.8 Å². The van der Waals surface area contributed by atoms with Gasteiger partial charge in [0.1, 0.15) is 0 Å². The summed E-state index contributed by atoms with van der Waals surface area (Å²) in [4.78, 5) is 30.7. The van der Waals surface area contributed by atoms with Crippen molar-refractivity contribution in [1.82, 2.24) is 0 Å². The van der Waals surface area contributed by atoms with Crippen LogP contribution in [0.2, 0.25) is 0 Å². The molecule has 0 spiro atoms. The van der Waals surface area contributed by atoms with Crippen molar-refractivity contribution in [2.75, 3.05) is 29.2 Å². The molecule has 2 aliphatic rings.